The van der Waals surface area contributed by atoms with Crippen molar-refractivity contribution in [2.45, 2.75) is 44.6 Å². The lowest BCUT2D eigenvalue weighted by Crippen LogP contribution is -2.53. The Kier molecular flexibility index (Phi) is 4.04. The second kappa shape index (κ2) is 5.53. The maximum atomic E-state index is 7.42. The van der Waals surface area contributed by atoms with Gasteiger partial charge in [0.05, 0.1) is 0 Å². The normalized spacial score (nSPS) is 25.4. The van der Waals surface area contributed by atoms with Crippen LogP contribution in [-0.2, 0) is 0 Å². The Labute approximate surface area is 98.3 Å². The first-order valence-corrected chi connectivity index (χ1v) is 6.60. The van der Waals surface area contributed by atoms with Gasteiger partial charge in [-0.15, -0.1) is 0 Å². The average Bonchev–Trinajstić information content (AvgIpc) is 2.57. The van der Waals surface area contributed by atoms with E-state index in [1.807, 2.05) is 4.90 Å². The van der Waals surface area contributed by atoms with Gasteiger partial charge in [-0.05, 0) is 12.8 Å². The molecule has 0 spiro atoms. The molecular formula is C12H24N4. The summed E-state index contributed by atoms with van der Waals surface area (Å²) in [5.41, 5.74) is 5.51. The molecule has 2 rings (SSSR count). The average molecular weight is 224 g/mol. The molecule has 0 bridgehead atoms. The molecule has 4 nitrogen and oxygen atoms in total. The molecule has 1 aliphatic heterocycles. The maximum Gasteiger partial charge on any atom is 0.188 e. The lowest BCUT2D eigenvalue weighted by molar-refractivity contribution is 0.120. The summed E-state index contributed by atoms with van der Waals surface area (Å²) < 4.78 is 0. The lowest BCUT2D eigenvalue weighted by atomic mass is 10.1. The van der Waals surface area contributed by atoms with E-state index in [9.17, 15) is 0 Å². The van der Waals surface area contributed by atoms with Crippen molar-refractivity contribution < 1.29 is 0 Å². The third-order valence-electron chi connectivity index (χ3n) is 4.00. The number of nitrogens with one attached hydrogen (secondary N) is 1. The Morgan fingerprint density at radius 3 is 2.00 bits per heavy atom. The molecule has 0 atom stereocenters. The van der Waals surface area contributed by atoms with Crippen LogP contribution < -0.4 is 5.73 Å². The van der Waals surface area contributed by atoms with E-state index in [0.29, 0.717) is 0 Å². The fraction of sp³-hybridized carbons (Fsp3) is 0.917. The van der Waals surface area contributed by atoms with Crippen molar-refractivity contribution in [1.82, 2.24) is 9.80 Å². The molecule has 16 heavy (non-hydrogen) atoms. The van der Waals surface area contributed by atoms with Crippen molar-refractivity contribution in [3.63, 3.8) is 0 Å². The van der Waals surface area contributed by atoms with Crippen molar-refractivity contribution >= 4 is 5.96 Å². The number of piperazine rings is 1. The van der Waals surface area contributed by atoms with E-state index in [-0.39, 0.29) is 5.96 Å². The molecule has 92 valence electrons. The van der Waals surface area contributed by atoms with Crippen LogP contribution in [0.2, 0.25) is 0 Å². The number of nitrogens with two attached hydrogens (primary N) is 1. The smallest absolute Gasteiger partial charge is 0.188 e. The Balaban J connectivity index is 1.81. The molecule has 2 aliphatic rings. The van der Waals surface area contributed by atoms with E-state index in [2.05, 4.69) is 4.90 Å². The minimum Gasteiger partial charge on any atom is -0.370 e. The summed E-state index contributed by atoms with van der Waals surface area (Å²) in [6.07, 6.45) is 8.39. The van der Waals surface area contributed by atoms with Gasteiger partial charge >= 0.3 is 0 Å². The van der Waals surface area contributed by atoms with Crippen molar-refractivity contribution in [3.8, 4) is 0 Å². The molecule has 4 heteroatoms. The predicted molar refractivity (Wildman–Crippen MR) is 66.6 cm³/mol. The molecule has 0 aromatic carbocycles. The zero-order valence-electron chi connectivity index (χ0n) is 10.1. The first-order valence-electron chi connectivity index (χ1n) is 6.60. The topological polar surface area (TPSA) is 56.4 Å². The van der Waals surface area contributed by atoms with Crippen LogP contribution in [0.4, 0.5) is 0 Å². The minimum atomic E-state index is 0.237. The molecular weight excluding hydrogens is 200 g/mol. The van der Waals surface area contributed by atoms with Gasteiger partial charge in [0.25, 0.3) is 0 Å². The second-order valence-corrected chi connectivity index (χ2v) is 5.05. The Hall–Kier alpha value is -0.770. The van der Waals surface area contributed by atoms with Crippen LogP contribution in [0.5, 0.6) is 0 Å². The van der Waals surface area contributed by atoms with Gasteiger partial charge in [0.2, 0.25) is 0 Å². The van der Waals surface area contributed by atoms with Crippen molar-refractivity contribution in [2.24, 2.45) is 5.73 Å². The van der Waals surface area contributed by atoms with Gasteiger partial charge in [0.1, 0.15) is 0 Å². The molecule has 1 saturated carbocycles. The number of rotatable bonds is 1. The van der Waals surface area contributed by atoms with Crippen molar-refractivity contribution in [3.05, 3.63) is 0 Å². The third-order valence-corrected chi connectivity index (χ3v) is 4.00. The van der Waals surface area contributed by atoms with E-state index in [1.54, 1.807) is 0 Å². The summed E-state index contributed by atoms with van der Waals surface area (Å²) in [6.45, 7) is 4.05. The molecule has 0 aromatic heterocycles. The summed E-state index contributed by atoms with van der Waals surface area (Å²) in [5, 5.41) is 7.42. The third kappa shape index (κ3) is 2.88. The summed E-state index contributed by atoms with van der Waals surface area (Å²) >= 11 is 0. The molecule has 1 saturated heterocycles. The zero-order chi connectivity index (χ0) is 11.4. The highest BCUT2D eigenvalue weighted by molar-refractivity contribution is 5.74. The molecule has 0 amide bonds. The highest BCUT2D eigenvalue weighted by Crippen LogP contribution is 2.22. The van der Waals surface area contributed by atoms with Crippen LogP contribution in [0.1, 0.15) is 38.5 Å². The van der Waals surface area contributed by atoms with Gasteiger partial charge in [-0.1, -0.05) is 25.7 Å². The van der Waals surface area contributed by atoms with Gasteiger partial charge in [0.15, 0.2) is 5.96 Å². The van der Waals surface area contributed by atoms with Crippen LogP contribution >= 0.6 is 0 Å². The van der Waals surface area contributed by atoms with Crippen LogP contribution in [0.15, 0.2) is 0 Å². The van der Waals surface area contributed by atoms with Gasteiger partial charge in [-0.2, -0.15) is 0 Å². The molecule has 0 unspecified atom stereocenters. The van der Waals surface area contributed by atoms with E-state index < -0.39 is 0 Å². The lowest BCUT2D eigenvalue weighted by Gasteiger charge is -2.39. The van der Waals surface area contributed by atoms with E-state index in [4.69, 9.17) is 11.1 Å². The molecule has 0 radical (unpaired) electrons. The molecule has 3 N–H and O–H groups in total. The number of nitrogens with zero attached hydrogens (tertiary/aromatic N) is 2. The summed E-state index contributed by atoms with van der Waals surface area (Å²) in [6, 6.07) is 0.802. The largest absolute Gasteiger partial charge is 0.370 e. The molecule has 0 aromatic rings. The Morgan fingerprint density at radius 1 is 0.938 bits per heavy atom. The van der Waals surface area contributed by atoms with Gasteiger partial charge in [-0.3, -0.25) is 10.3 Å². The second-order valence-electron chi connectivity index (χ2n) is 5.05. The van der Waals surface area contributed by atoms with Crippen LogP contribution in [0, 0.1) is 5.41 Å². The first-order chi connectivity index (χ1) is 7.77. The van der Waals surface area contributed by atoms with Gasteiger partial charge in [0, 0.05) is 32.2 Å². The maximum absolute atomic E-state index is 7.42. The van der Waals surface area contributed by atoms with E-state index in [1.165, 1.54) is 38.5 Å². The first kappa shape index (κ1) is 11.7. The highest BCUT2D eigenvalue weighted by atomic mass is 15.3. The van der Waals surface area contributed by atoms with Crippen molar-refractivity contribution in [2.75, 3.05) is 26.2 Å². The minimum absolute atomic E-state index is 0.237. The van der Waals surface area contributed by atoms with E-state index >= 15 is 0 Å². The van der Waals surface area contributed by atoms with Crippen LogP contribution in [-0.4, -0.2) is 48.0 Å². The fourth-order valence-electron chi connectivity index (χ4n) is 2.95. The van der Waals surface area contributed by atoms with Crippen molar-refractivity contribution in [1.29, 1.82) is 5.41 Å². The summed E-state index contributed by atoms with van der Waals surface area (Å²) in [7, 11) is 0. The zero-order valence-corrected chi connectivity index (χ0v) is 10.1. The molecule has 1 aliphatic carbocycles. The summed E-state index contributed by atoms with van der Waals surface area (Å²) in [4.78, 5) is 4.60. The Bertz CT molecular complexity index is 225. The number of guanidine groups is 1. The standard InChI is InChI=1S/C12H24N4/c13-12(14)16-9-7-15(8-10-16)11-5-3-1-2-4-6-11/h11H,1-10H2,(H3,13,14). The predicted octanol–water partition coefficient (Wildman–Crippen LogP) is 1.22. The number of hydrogen-bond acceptors (Lipinski definition) is 2. The Morgan fingerprint density at radius 2 is 1.50 bits per heavy atom. The summed E-state index contributed by atoms with van der Waals surface area (Å²) in [5.74, 6) is 0.237. The van der Waals surface area contributed by atoms with Crippen LogP contribution in [0.25, 0.3) is 0 Å². The van der Waals surface area contributed by atoms with Gasteiger partial charge < -0.3 is 10.6 Å². The quantitative estimate of drug-likeness (QED) is 0.400. The molecule has 2 fully saturated rings. The van der Waals surface area contributed by atoms with Gasteiger partial charge in [-0.25, -0.2) is 0 Å². The highest BCUT2D eigenvalue weighted by Gasteiger charge is 2.24. The monoisotopic (exact) mass is 224 g/mol. The SMILES string of the molecule is N=C(N)N1CCN(C2CCCCCC2)CC1. The molecule has 1 heterocycles. The fourth-order valence-corrected chi connectivity index (χ4v) is 2.95. The van der Waals surface area contributed by atoms with E-state index in [0.717, 1.165) is 32.2 Å². The number of hydrogen-bond donors (Lipinski definition) is 2. The van der Waals surface area contributed by atoms with Crippen LogP contribution in [0.3, 0.4) is 0 Å².